The number of amides is 1. The number of carbonyl (C=O) groups is 1. The molecule has 8 heteroatoms. The summed E-state index contributed by atoms with van der Waals surface area (Å²) in [5.74, 6) is 0.489. The van der Waals surface area contributed by atoms with Crippen molar-refractivity contribution in [3.8, 4) is 5.75 Å². The number of aromatic nitrogens is 2. The minimum atomic E-state index is -0.277. The highest BCUT2D eigenvalue weighted by molar-refractivity contribution is 6.06. The molecule has 0 fully saturated rings. The number of H-pyrrole nitrogens is 1. The molecular formula is C20H27N5O3. The number of anilines is 1. The lowest BCUT2D eigenvalue weighted by atomic mass is 9.99. The number of ether oxygens (including phenoxy) is 1. The van der Waals surface area contributed by atoms with E-state index in [0.717, 1.165) is 55.1 Å². The predicted octanol–water partition coefficient (Wildman–Crippen LogP) is 2.48. The minimum absolute atomic E-state index is 0.277. The Balaban J connectivity index is 1.60. The summed E-state index contributed by atoms with van der Waals surface area (Å²) >= 11 is 0. The van der Waals surface area contributed by atoms with Crippen LogP contribution in [0.25, 0.3) is 5.70 Å². The number of benzene rings is 1. The second kappa shape index (κ2) is 9.91. The van der Waals surface area contributed by atoms with Crippen LogP contribution in [0, 0.1) is 0 Å². The maximum atomic E-state index is 12.7. The summed E-state index contributed by atoms with van der Waals surface area (Å²) in [6.07, 6.45) is 4.77. The number of nitrogens with one attached hydrogen (secondary N) is 4. The van der Waals surface area contributed by atoms with Crippen molar-refractivity contribution in [2.75, 3.05) is 32.1 Å². The van der Waals surface area contributed by atoms with Gasteiger partial charge in [-0.3, -0.25) is 20.2 Å². The third-order valence-corrected chi connectivity index (χ3v) is 4.37. The first-order valence-corrected chi connectivity index (χ1v) is 9.54. The van der Waals surface area contributed by atoms with Gasteiger partial charge in [-0.2, -0.15) is 5.10 Å². The van der Waals surface area contributed by atoms with E-state index in [1.54, 1.807) is 7.11 Å². The molecule has 4 N–H and O–H groups in total. The number of aromatic amines is 1. The average Bonchev–Trinajstić information content (AvgIpc) is 3.15. The molecule has 1 aromatic carbocycles. The van der Waals surface area contributed by atoms with Crippen molar-refractivity contribution < 1.29 is 14.4 Å². The van der Waals surface area contributed by atoms with Crippen molar-refractivity contribution in [2.45, 2.75) is 26.2 Å². The number of nitrogens with zero attached hydrogens (tertiary/aromatic N) is 1. The van der Waals surface area contributed by atoms with Gasteiger partial charge in [0, 0.05) is 17.9 Å². The van der Waals surface area contributed by atoms with Gasteiger partial charge in [0.1, 0.15) is 12.4 Å². The summed E-state index contributed by atoms with van der Waals surface area (Å²) < 4.78 is 5.68. The number of rotatable bonds is 10. The van der Waals surface area contributed by atoms with Crippen molar-refractivity contribution in [3.05, 3.63) is 47.3 Å². The van der Waals surface area contributed by atoms with Crippen LogP contribution < -0.4 is 20.9 Å². The maximum absolute atomic E-state index is 12.7. The van der Waals surface area contributed by atoms with E-state index in [4.69, 9.17) is 9.57 Å². The van der Waals surface area contributed by atoms with E-state index in [0.29, 0.717) is 18.0 Å². The van der Waals surface area contributed by atoms with Crippen LogP contribution in [0.4, 0.5) is 5.69 Å². The van der Waals surface area contributed by atoms with Crippen LogP contribution in [0.15, 0.2) is 30.3 Å². The van der Waals surface area contributed by atoms with Crippen molar-refractivity contribution in [1.82, 2.24) is 21.0 Å². The van der Waals surface area contributed by atoms with Crippen molar-refractivity contribution in [2.24, 2.45) is 0 Å². The zero-order valence-electron chi connectivity index (χ0n) is 16.3. The van der Waals surface area contributed by atoms with Crippen LogP contribution >= 0.6 is 0 Å². The Bertz CT molecular complexity index is 814. The minimum Gasteiger partial charge on any atom is -0.492 e. The summed E-state index contributed by atoms with van der Waals surface area (Å²) in [5.41, 5.74) is 6.28. The number of allylic oxidation sites excluding steroid dienone is 1. The number of hydroxylamine groups is 1. The van der Waals surface area contributed by atoms with Gasteiger partial charge in [0.25, 0.3) is 5.91 Å². The van der Waals surface area contributed by atoms with Gasteiger partial charge < -0.3 is 15.4 Å². The number of fused-ring (bicyclic) bond motifs is 1. The fraction of sp³-hybridized carbons (Fsp3) is 0.400. The average molecular weight is 385 g/mol. The summed E-state index contributed by atoms with van der Waals surface area (Å²) in [6, 6.07) is 7.31. The maximum Gasteiger partial charge on any atom is 0.276 e. The first kappa shape index (κ1) is 19.9. The Labute approximate surface area is 164 Å². The molecule has 1 aromatic heterocycles. The van der Waals surface area contributed by atoms with Crippen molar-refractivity contribution in [1.29, 1.82) is 0 Å². The van der Waals surface area contributed by atoms with Crippen LogP contribution in [0.5, 0.6) is 5.75 Å². The third kappa shape index (κ3) is 4.90. The van der Waals surface area contributed by atoms with E-state index in [1.807, 2.05) is 30.3 Å². The zero-order chi connectivity index (χ0) is 19.8. The number of hydrogen-bond donors (Lipinski definition) is 4. The molecule has 2 aromatic rings. The molecule has 150 valence electrons. The molecule has 0 saturated carbocycles. The van der Waals surface area contributed by atoms with Gasteiger partial charge in [0.2, 0.25) is 0 Å². The highest BCUT2D eigenvalue weighted by Gasteiger charge is 2.24. The summed E-state index contributed by atoms with van der Waals surface area (Å²) in [6.45, 7) is 4.53. The Morgan fingerprint density at radius 2 is 2.07 bits per heavy atom. The smallest absolute Gasteiger partial charge is 0.276 e. The number of hydrogen-bond acceptors (Lipinski definition) is 6. The summed E-state index contributed by atoms with van der Waals surface area (Å²) in [7, 11) is 1.54. The molecule has 1 heterocycles. The first-order chi connectivity index (χ1) is 13.7. The van der Waals surface area contributed by atoms with Gasteiger partial charge >= 0.3 is 0 Å². The second-order valence-electron chi connectivity index (χ2n) is 6.47. The molecule has 8 nitrogen and oxygen atoms in total. The Morgan fingerprint density at radius 1 is 1.25 bits per heavy atom. The topological polar surface area (TPSA) is 100 Å². The molecule has 0 bridgehead atoms. The molecule has 0 aliphatic heterocycles. The van der Waals surface area contributed by atoms with Gasteiger partial charge in [-0.15, -0.1) is 0 Å². The van der Waals surface area contributed by atoms with Gasteiger partial charge in [0.05, 0.1) is 18.4 Å². The quantitative estimate of drug-likeness (QED) is 0.370. The van der Waals surface area contributed by atoms with E-state index in [2.05, 4.69) is 33.2 Å². The van der Waals surface area contributed by atoms with Crippen LogP contribution in [-0.4, -0.2) is 42.9 Å². The lowest BCUT2D eigenvalue weighted by Gasteiger charge is -2.15. The molecule has 1 amide bonds. The summed E-state index contributed by atoms with van der Waals surface area (Å²) in [5, 5.41) is 13.3. The molecule has 1 aliphatic rings. The fourth-order valence-electron chi connectivity index (χ4n) is 3.05. The van der Waals surface area contributed by atoms with E-state index in [-0.39, 0.29) is 5.91 Å². The molecule has 0 atom stereocenters. The van der Waals surface area contributed by atoms with Crippen LogP contribution in [-0.2, 0) is 11.3 Å². The van der Waals surface area contributed by atoms with Gasteiger partial charge in [-0.25, -0.2) is 0 Å². The van der Waals surface area contributed by atoms with Crippen molar-refractivity contribution in [3.63, 3.8) is 0 Å². The third-order valence-electron chi connectivity index (χ3n) is 4.37. The molecule has 0 radical (unpaired) electrons. The largest absolute Gasteiger partial charge is 0.492 e. The Hall–Kier alpha value is -2.84. The van der Waals surface area contributed by atoms with Gasteiger partial charge in [0.15, 0.2) is 5.69 Å². The van der Waals surface area contributed by atoms with E-state index < -0.39 is 0 Å². The molecule has 1 aliphatic carbocycles. The van der Waals surface area contributed by atoms with Gasteiger partial charge in [-0.1, -0.05) is 13.0 Å². The molecule has 0 unspecified atom stereocenters. The zero-order valence-corrected chi connectivity index (χ0v) is 16.3. The SMILES string of the molecule is CCCNCCOc1ccc(NC(=O)c2n[nH]c3c2C(NOC)=CCC3)cc1. The van der Waals surface area contributed by atoms with Crippen LogP contribution in [0.3, 0.4) is 0 Å². The highest BCUT2D eigenvalue weighted by Crippen LogP contribution is 2.27. The monoisotopic (exact) mass is 385 g/mol. The highest BCUT2D eigenvalue weighted by atomic mass is 16.6. The molecule has 0 spiro atoms. The standard InChI is InChI=1S/C20H27N5O3/c1-3-11-21-12-13-28-15-9-7-14(8-10-15)22-20(26)19-18-16(23-24-19)5-4-6-17(18)25-27-2/h6-10,21,25H,3-5,11-13H2,1-2H3,(H,22,26)(H,23,24). The second-order valence-corrected chi connectivity index (χ2v) is 6.47. The molecule has 3 rings (SSSR count). The van der Waals surface area contributed by atoms with Gasteiger partial charge in [-0.05, 0) is 50.1 Å². The first-order valence-electron chi connectivity index (χ1n) is 9.54. The molecular weight excluding hydrogens is 358 g/mol. The lowest BCUT2D eigenvalue weighted by molar-refractivity contribution is 0.102. The van der Waals surface area contributed by atoms with E-state index >= 15 is 0 Å². The normalized spacial score (nSPS) is 12.9. The van der Waals surface area contributed by atoms with E-state index in [1.165, 1.54) is 0 Å². The summed E-state index contributed by atoms with van der Waals surface area (Å²) in [4.78, 5) is 17.7. The lowest BCUT2D eigenvalue weighted by Crippen LogP contribution is -2.21. The van der Waals surface area contributed by atoms with Crippen LogP contribution in [0.1, 0.15) is 41.5 Å². The molecule has 0 saturated heterocycles. The number of carbonyl (C=O) groups excluding carboxylic acids is 1. The van der Waals surface area contributed by atoms with E-state index in [9.17, 15) is 4.79 Å². The van der Waals surface area contributed by atoms with Crippen LogP contribution in [0.2, 0.25) is 0 Å². The predicted molar refractivity (Wildman–Crippen MR) is 108 cm³/mol. The fourth-order valence-corrected chi connectivity index (χ4v) is 3.05. The number of aryl methyl sites for hydroxylation is 1. The Kier molecular flexibility index (Phi) is 7.05. The molecule has 28 heavy (non-hydrogen) atoms. The van der Waals surface area contributed by atoms with Crippen molar-refractivity contribution >= 4 is 17.3 Å². The Morgan fingerprint density at radius 3 is 2.82 bits per heavy atom.